The predicted molar refractivity (Wildman–Crippen MR) is 88.7 cm³/mol. The predicted octanol–water partition coefficient (Wildman–Crippen LogP) is 2.92. The molecule has 6 nitrogen and oxygen atoms in total. The maximum Gasteiger partial charge on any atom is 0.337 e. The number of nitrogens with zero attached hydrogens (tertiary/aromatic N) is 1. The Morgan fingerprint density at radius 2 is 1.33 bits per heavy atom. The molecule has 0 bridgehead atoms. The van der Waals surface area contributed by atoms with Crippen molar-refractivity contribution in [2.45, 2.75) is 0 Å². The second kappa shape index (κ2) is 6.56. The standard InChI is InChI=1S/C8H2I3NO5S/c9-3-1(7(13)14)4(10)6(12-18-17)5(11)2(3)8(15)16/h(H,13,14)(H,15,16). The summed E-state index contributed by atoms with van der Waals surface area (Å²) in [6, 6.07) is 0. The van der Waals surface area contributed by atoms with E-state index in [4.69, 9.17) is 10.2 Å². The average Bonchev–Trinajstić information content (AvgIpc) is 2.23. The fraction of sp³-hybridized carbons (Fsp3) is 0. The molecule has 0 aromatic heterocycles. The lowest BCUT2D eigenvalue weighted by Crippen LogP contribution is -2.12. The normalized spacial score (nSPS) is 9.94. The lowest BCUT2D eigenvalue weighted by atomic mass is 10.1. The maximum absolute atomic E-state index is 11.2. The van der Waals surface area contributed by atoms with E-state index in [2.05, 4.69) is 4.36 Å². The van der Waals surface area contributed by atoms with Gasteiger partial charge in [0.2, 0.25) is 11.5 Å². The van der Waals surface area contributed by atoms with Gasteiger partial charge in [0, 0.05) is 3.57 Å². The third-order valence-corrected chi connectivity index (χ3v) is 5.29. The third kappa shape index (κ3) is 3.01. The van der Waals surface area contributed by atoms with Crippen molar-refractivity contribution < 1.29 is 24.0 Å². The molecule has 0 aliphatic carbocycles. The highest BCUT2D eigenvalue weighted by Crippen LogP contribution is 2.37. The van der Waals surface area contributed by atoms with E-state index in [0.29, 0.717) is 0 Å². The van der Waals surface area contributed by atoms with E-state index >= 15 is 0 Å². The summed E-state index contributed by atoms with van der Waals surface area (Å²) in [5.41, 5.74) is -0.213. The Bertz CT molecular complexity index is 526. The summed E-state index contributed by atoms with van der Waals surface area (Å²) in [5.74, 6) is -2.51. The molecule has 0 spiro atoms. The zero-order chi connectivity index (χ0) is 14.0. The molecule has 0 fully saturated rings. The molecule has 0 heterocycles. The first kappa shape index (κ1) is 16.2. The van der Waals surface area contributed by atoms with Crippen LogP contribution in [0.4, 0.5) is 5.69 Å². The van der Waals surface area contributed by atoms with Crippen LogP contribution in [0.3, 0.4) is 0 Å². The van der Waals surface area contributed by atoms with Crippen LogP contribution < -0.4 is 0 Å². The second-order valence-corrected chi connectivity index (χ2v) is 6.38. The fourth-order valence-corrected chi connectivity index (χ4v) is 6.06. The van der Waals surface area contributed by atoms with E-state index < -0.39 is 11.9 Å². The van der Waals surface area contributed by atoms with E-state index in [1.165, 1.54) is 0 Å². The molecule has 1 rings (SSSR count). The van der Waals surface area contributed by atoms with E-state index in [9.17, 15) is 13.8 Å². The fourth-order valence-electron chi connectivity index (χ4n) is 1.14. The summed E-state index contributed by atoms with van der Waals surface area (Å²) in [4.78, 5) is 22.3. The van der Waals surface area contributed by atoms with Crippen LogP contribution in [0.5, 0.6) is 0 Å². The Balaban J connectivity index is 3.93. The van der Waals surface area contributed by atoms with Crippen molar-refractivity contribution >= 4 is 96.9 Å². The highest BCUT2D eigenvalue weighted by atomic mass is 127. The van der Waals surface area contributed by atoms with Crippen LogP contribution in [0.2, 0.25) is 0 Å². The van der Waals surface area contributed by atoms with Crippen LogP contribution in [0, 0.1) is 10.7 Å². The van der Waals surface area contributed by atoms with Crippen LogP contribution >= 0.6 is 67.8 Å². The molecule has 1 aromatic rings. The quantitative estimate of drug-likeness (QED) is 0.517. The maximum atomic E-state index is 11.2. The molecule has 0 aliphatic rings. The first-order valence-electron chi connectivity index (χ1n) is 4.00. The molecule has 1 aromatic carbocycles. The van der Waals surface area contributed by atoms with Crippen molar-refractivity contribution in [2.24, 2.45) is 4.36 Å². The largest absolute Gasteiger partial charge is 0.478 e. The van der Waals surface area contributed by atoms with Gasteiger partial charge in [-0.3, -0.25) is 0 Å². The smallest absolute Gasteiger partial charge is 0.337 e. The van der Waals surface area contributed by atoms with Gasteiger partial charge < -0.3 is 10.2 Å². The topological polar surface area (TPSA) is 104 Å². The molecule has 18 heavy (non-hydrogen) atoms. The Morgan fingerprint density at radius 1 is 0.944 bits per heavy atom. The Morgan fingerprint density at radius 3 is 1.61 bits per heavy atom. The molecule has 0 atom stereocenters. The molecule has 0 saturated carbocycles. The summed E-state index contributed by atoms with van der Waals surface area (Å²) in [6.07, 6.45) is 0. The Kier molecular flexibility index (Phi) is 5.91. The summed E-state index contributed by atoms with van der Waals surface area (Å²) in [6.45, 7) is 0. The number of carboxylic acid groups (broad SMARTS) is 2. The SMILES string of the molecule is O=S=Nc1c(I)c(C(=O)O)c(I)c(C(=O)O)c1I. The number of carbonyl (C=O) groups is 2. The van der Waals surface area contributed by atoms with Gasteiger partial charge in [-0.1, -0.05) is 0 Å². The number of rotatable bonds is 3. The van der Waals surface area contributed by atoms with E-state index in [1.54, 1.807) is 67.8 Å². The number of hydrogen-bond donors (Lipinski definition) is 2. The molecule has 96 valence electrons. The third-order valence-electron chi connectivity index (χ3n) is 1.85. The number of hydrogen-bond acceptors (Lipinski definition) is 4. The first-order chi connectivity index (χ1) is 8.32. The molecule has 0 saturated heterocycles. The number of carboxylic acids is 2. The van der Waals surface area contributed by atoms with Crippen LogP contribution in [0.1, 0.15) is 20.7 Å². The first-order valence-corrected chi connectivity index (χ1v) is 7.93. The Hall–Kier alpha value is 0.170. The van der Waals surface area contributed by atoms with Crippen molar-refractivity contribution in [3.63, 3.8) is 0 Å². The van der Waals surface area contributed by atoms with Gasteiger partial charge in [-0.05, 0) is 67.8 Å². The lowest BCUT2D eigenvalue weighted by Gasteiger charge is -2.11. The van der Waals surface area contributed by atoms with Crippen molar-refractivity contribution in [2.75, 3.05) is 0 Å². The highest BCUT2D eigenvalue weighted by molar-refractivity contribution is 14.1. The highest BCUT2D eigenvalue weighted by Gasteiger charge is 2.27. The van der Waals surface area contributed by atoms with Gasteiger partial charge in [-0.15, -0.1) is 0 Å². The molecule has 0 radical (unpaired) electrons. The van der Waals surface area contributed by atoms with Crippen LogP contribution in [0.15, 0.2) is 4.36 Å². The molecule has 0 unspecified atom stereocenters. The monoisotopic (exact) mass is 605 g/mol. The zero-order valence-electron chi connectivity index (χ0n) is 8.11. The summed E-state index contributed by atoms with van der Waals surface area (Å²) < 4.78 is 14.7. The number of aromatic carboxylic acids is 2. The van der Waals surface area contributed by atoms with Crippen molar-refractivity contribution in [1.29, 1.82) is 0 Å². The van der Waals surface area contributed by atoms with Gasteiger partial charge >= 0.3 is 11.9 Å². The average molecular weight is 605 g/mol. The second-order valence-electron chi connectivity index (χ2n) is 2.82. The molecule has 0 amide bonds. The molecule has 2 N–H and O–H groups in total. The molecular weight excluding hydrogens is 603 g/mol. The van der Waals surface area contributed by atoms with E-state index in [1.807, 2.05) is 0 Å². The van der Waals surface area contributed by atoms with Gasteiger partial charge in [0.1, 0.15) is 5.69 Å². The number of benzene rings is 1. The molecule has 0 aliphatic heterocycles. The Labute approximate surface area is 145 Å². The molecular formula is C8H2I3NO5S. The van der Waals surface area contributed by atoms with Gasteiger partial charge in [0.05, 0.1) is 18.3 Å². The van der Waals surface area contributed by atoms with E-state index in [-0.39, 0.29) is 39.0 Å². The molecule has 10 heteroatoms. The van der Waals surface area contributed by atoms with Crippen molar-refractivity contribution in [3.8, 4) is 0 Å². The van der Waals surface area contributed by atoms with Gasteiger partial charge in [-0.25, -0.2) is 9.59 Å². The zero-order valence-corrected chi connectivity index (χ0v) is 15.4. The van der Waals surface area contributed by atoms with Crippen LogP contribution in [-0.2, 0) is 11.5 Å². The lowest BCUT2D eigenvalue weighted by molar-refractivity contribution is 0.0694. The minimum Gasteiger partial charge on any atom is -0.478 e. The number of halogens is 3. The summed E-state index contributed by atoms with van der Waals surface area (Å²) in [7, 11) is 0. The van der Waals surface area contributed by atoms with Crippen LogP contribution in [0.25, 0.3) is 0 Å². The minimum absolute atomic E-state index is 0.0893. The van der Waals surface area contributed by atoms with Crippen molar-refractivity contribution in [3.05, 3.63) is 21.8 Å². The minimum atomic E-state index is -1.25. The van der Waals surface area contributed by atoms with Crippen molar-refractivity contribution in [1.82, 2.24) is 0 Å². The van der Waals surface area contributed by atoms with Gasteiger partial charge in [-0.2, -0.15) is 8.57 Å². The van der Waals surface area contributed by atoms with E-state index in [0.717, 1.165) is 0 Å². The van der Waals surface area contributed by atoms with Gasteiger partial charge in [0.15, 0.2) is 0 Å². The van der Waals surface area contributed by atoms with Crippen LogP contribution in [-0.4, -0.2) is 26.4 Å². The summed E-state index contributed by atoms with van der Waals surface area (Å²) in [5, 5.41) is 18.2. The van der Waals surface area contributed by atoms with Gasteiger partial charge in [0.25, 0.3) is 0 Å². The summed E-state index contributed by atoms with van der Waals surface area (Å²) >= 11 is 5.06.